The van der Waals surface area contributed by atoms with Gasteiger partial charge in [-0.05, 0) is 49.1 Å². The van der Waals surface area contributed by atoms with Gasteiger partial charge in [0.15, 0.2) is 0 Å². The number of nitriles is 1. The van der Waals surface area contributed by atoms with Crippen LogP contribution < -0.4 is 5.32 Å². The van der Waals surface area contributed by atoms with E-state index in [9.17, 15) is 14.9 Å². The molecular weight excluding hydrogens is 408 g/mol. The van der Waals surface area contributed by atoms with Gasteiger partial charge in [0.05, 0.1) is 23.2 Å². The minimum absolute atomic E-state index is 0.127. The second-order valence-corrected chi connectivity index (χ2v) is 7.24. The number of nitro benzene ring substituents is 1. The first-order valence-corrected chi connectivity index (χ1v) is 10.3. The Morgan fingerprint density at radius 2 is 2.00 bits per heavy atom. The number of nitro groups is 1. The van der Waals surface area contributed by atoms with Gasteiger partial charge in [-0.15, -0.1) is 0 Å². The van der Waals surface area contributed by atoms with Crippen molar-refractivity contribution in [1.29, 1.82) is 5.26 Å². The molecule has 1 heterocycles. The average Bonchev–Trinajstić information content (AvgIpc) is 3.16. The van der Waals surface area contributed by atoms with E-state index < -0.39 is 10.9 Å². The SMILES string of the molecule is CCOC(=O)c1cccc([N+](=O)[O-])c1NCc1ccc(-c2[nH]c(C)cc2CCC#N)cc1. The van der Waals surface area contributed by atoms with E-state index in [1.807, 2.05) is 37.3 Å². The summed E-state index contributed by atoms with van der Waals surface area (Å²) in [6.45, 7) is 4.13. The fourth-order valence-electron chi connectivity index (χ4n) is 3.53. The molecule has 8 heteroatoms. The highest BCUT2D eigenvalue weighted by molar-refractivity contribution is 5.98. The van der Waals surface area contributed by atoms with E-state index in [2.05, 4.69) is 16.4 Å². The van der Waals surface area contributed by atoms with Crippen molar-refractivity contribution in [1.82, 2.24) is 4.98 Å². The van der Waals surface area contributed by atoms with Gasteiger partial charge in [0.1, 0.15) is 5.69 Å². The average molecular weight is 432 g/mol. The van der Waals surface area contributed by atoms with Crippen LogP contribution in [0, 0.1) is 28.4 Å². The van der Waals surface area contributed by atoms with Crippen molar-refractivity contribution in [3.05, 3.63) is 81.0 Å². The van der Waals surface area contributed by atoms with Crippen molar-refractivity contribution in [2.24, 2.45) is 0 Å². The first kappa shape index (κ1) is 22.6. The summed E-state index contributed by atoms with van der Waals surface area (Å²) in [7, 11) is 0. The van der Waals surface area contributed by atoms with Gasteiger partial charge in [0.25, 0.3) is 5.69 Å². The van der Waals surface area contributed by atoms with Crippen molar-refractivity contribution >= 4 is 17.3 Å². The normalized spacial score (nSPS) is 10.4. The van der Waals surface area contributed by atoms with E-state index in [0.29, 0.717) is 19.4 Å². The fraction of sp³-hybridized carbons (Fsp3) is 0.250. The molecule has 3 rings (SSSR count). The Hall–Kier alpha value is -4.12. The molecule has 0 amide bonds. The van der Waals surface area contributed by atoms with Crippen LogP contribution in [0.25, 0.3) is 11.3 Å². The van der Waals surface area contributed by atoms with Gasteiger partial charge in [-0.1, -0.05) is 30.3 Å². The Morgan fingerprint density at radius 3 is 2.66 bits per heavy atom. The predicted octanol–water partition coefficient (Wildman–Crippen LogP) is 5.14. The third-order valence-electron chi connectivity index (χ3n) is 4.99. The van der Waals surface area contributed by atoms with Crippen LogP contribution >= 0.6 is 0 Å². The summed E-state index contributed by atoms with van der Waals surface area (Å²) in [6, 6.07) is 16.3. The molecule has 0 unspecified atom stereocenters. The fourth-order valence-corrected chi connectivity index (χ4v) is 3.53. The molecule has 3 aromatic rings. The smallest absolute Gasteiger partial charge is 0.340 e. The van der Waals surface area contributed by atoms with Gasteiger partial charge in [-0.25, -0.2) is 4.79 Å². The maximum absolute atomic E-state index is 12.3. The molecule has 0 aliphatic carbocycles. The Bertz CT molecular complexity index is 1160. The molecule has 8 nitrogen and oxygen atoms in total. The van der Waals surface area contributed by atoms with Gasteiger partial charge in [0, 0.05) is 30.4 Å². The zero-order valence-electron chi connectivity index (χ0n) is 18.0. The number of hydrogen-bond donors (Lipinski definition) is 2. The van der Waals surface area contributed by atoms with Crippen molar-refractivity contribution in [3.8, 4) is 17.3 Å². The molecule has 0 aliphatic rings. The summed E-state index contributed by atoms with van der Waals surface area (Å²) < 4.78 is 5.04. The van der Waals surface area contributed by atoms with Crippen molar-refractivity contribution in [2.75, 3.05) is 11.9 Å². The van der Waals surface area contributed by atoms with E-state index >= 15 is 0 Å². The highest BCUT2D eigenvalue weighted by Crippen LogP contribution is 2.30. The Morgan fingerprint density at radius 1 is 1.25 bits per heavy atom. The molecule has 1 aromatic heterocycles. The summed E-state index contributed by atoms with van der Waals surface area (Å²) >= 11 is 0. The number of H-pyrrole nitrogens is 1. The lowest BCUT2D eigenvalue weighted by Crippen LogP contribution is -2.11. The minimum Gasteiger partial charge on any atom is -0.462 e. The van der Waals surface area contributed by atoms with Crippen LogP contribution in [0.5, 0.6) is 0 Å². The quantitative estimate of drug-likeness (QED) is 0.274. The zero-order valence-corrected chi connectivity index (χ0v) is 18.0. The van der Waals surface area contributed by atoms with Crippen LogP contribution in [0.3, 0.4) is 0 Å². The van der Waals surface area contributed by atoms with Crippen molar-refractivity contribution in [2.45, 2.75) is 33.2 Å². The maximum Gasteiger partial charge on any atom is 0.340 e. The number of anilines is 1. The Labute approximate surface area is 186 Å². The molecule has 0 bridgehead atoms. The number of nitrogens with one attached hydrogen (secondary N) is 2. The molecule has 0 saturated heterocycles. The molecule has 0 saturated carbocycles. The van der Waals surface area contributed by atoms with Gasteiger partial charge in [-0.3, -0.25) is 10.1 Å². The number of aromatic amines is 1. The molecule has 2 aromatic carbocycles. The number of ether oxygens (including phenoxy) is 1. The minimum atomic E-state index is -0.610. The third kappa shape index (κ3) is 5.13. The molecular formula is C24H24N4O4. The van der Waals surface area contributed by atoms with Crippen LogP contribution in [0.1, 0.15) is 40.5 Å². The Balaban J connectivity index is 1.81. The van der Waals surface area contributed by atoms with Crippen molar-refractivity contribution < 1.29 is 14.5 Å². The summed E-state index contributed by atoms with van der Waals surface area (Å²) in [6.07, 6.45) is 1.12. The number of aromatic nitrogens is 1. The van der Waals surface area contributed by atoms with Crippen LogP contribution in [-0.2, 0) is 17.7 Å². The highest BCUT2D eigenvalue weighted by atomic mass is 16.6. The summed E-state index contributed by atoms with van der Waals surface area (Å²) in [5.41, 5.74) is 5.07. The second kappa shape index (κ2) is 10.3. The van der Waals surface area contributed by atoms with Crippen molar-refractivity contribution in [3.63, 3.8) is 0 Å². The topological polar surface area (TPSA) is 121 Å². The lowest BCUT2D eigenvalue weighted by atomic mass is 10.0. The second-order valence-electron chi connectivity index (χ2n) is 7.24. The number of carbonyl (C=O) groups is 1. The van der Waals surface area contributed by atoms with Crippen LogP contribution in [0.2, 0.25) is 0 Å². The van der Waals surface area contributed by atoms with Gasteiger partial charge in [0.2, 0.25) is 0 Å². The van der Waals surface area contributed by atoms with Crippen LogP contribution in [0.15, 0.2) is 48.5 Å². The predicted molar refractivity (Wildman–Crippen MR) is 121 cm³/mol. The van der Waals surface area contributed by atoms with Crippen LogP contribution in [0.4, 0.5) is 11.4 Å². The molecule has 0 spiro atoms. The van der Waals surface area contributed by atoms with E-state index in [-0.39, 0.29) is 23.5 Å². The first-order valence-electron chi connectivity index (χ1n) is 10.3. The largest absolute Gasteiger partial charge is 0.462 e. The number of benzene rings is 2. The molecule has 0 atom stereocenters. The number of nitrogens with zero attached hydrogens (tertiary/aromatic N) is 2. The number of rotatable bonds is 9. The summed E-state index contributed by atoms with van der Waals surface area (Å²) in [5, 5.41) is 23.4. The molecule has 164 valence electrons. The molecule has 32 heavy (non-hydrogen) atoms. The number of para-hydroxylation sites is 1. The zero-order chi connectivity index (χ0) is 23.1. The number of aryl methyl sites for hydroxylation is 2. The molecule has 0 radical (unpaired) electrons. The van der Waals surface area contributed by atoms with E-state index in [1.165, 1.54) is 18.2 Å². The Kier molecular flexibility index (Phi) is 7.24. The number of carbonyl (C=O) groups excluding carboxylic acids is 1. The van der Waals surface area contributed by atoms with E-state index in [1.54, 1.807) is 6.92 Å². The number of hydrogen-bond acceptors (Lipinski definition) is 6. The highest BCUT2D eigenvalue weighted by Gasteiger charge is 2.22. The lowest BCUT2D eigenvalue weighted by Gasteiger charge is -2.12. The van der Waals surface area contributed by atoms with Gasteiger partial charge in [-0.2, -0.15) is 5.26 Å². The monoisotopic (exact) mass is 432 g/mol. The van der Waals surface area contributed by atoms with Gasteiger partial charge < -0.3 is 15.0 Å². The summed E-state index contributed by atoms with van der Waals surface area (Å²) in [5.74, 6) is -0.610. The van der Waals surface area contributed by atoms with Gasteiger partial charge >= 0.3 is 5.97 Å². The standard InChI is InChI=1S/C24H24N4O4/c1-3-32-24(29)20-7-4-8-21(28(30)31)23(20)26-15-17-9-11-18(12-10-17)22-19(6-5-13-25)14-16(2)27-22/h4,7-12,14,26-27H,3,5-6,15H2,1-2H3. The van der Waals surface area contributed by atoms with Crippen LogP contribution in [-0.4, -0.2) is 22.5 Å². The maximum atomic E-state index is 12.3. The molecule has 0 fully saturated rings. The summed E-state index contributed by atoms with van der Waals surface area (Å²) in [4.78, 5) is 26.5. The lowest BCUT2D eigenvalue weighted by molar-refractivity contribution is -0.384. The first-order chi connectivity index (χ1) is 15.4. The molecule has 0 aliphatic heterocycles. The van der Waals surface area contributed by atoms with E-state index in [0.717, 1.165) is 28.1 Å². The third-order valence-corrected chi connectivity index (χ3v) is 4.99. The molecule has 2 N–H and O–H groups in total. The van der Waals surface area contributed by atoms with E-state index in [4.69, 9.17) is 10.00 Å². The number of esters is 1.